The summed E-state index contributed by atoms with van der Waals surface area (Å²) in [5.41, 5.74) is 10.2. The number of rotatable bonds is 4. The fourth-order valence-electron chi connectivity index (χ4n) is 9.57. The number of furan rings is 3. The predicted octanol–water partition coefficient (Wildman–Crippen LogP) is 14.8. The van der Waals surface area contributed by atoms with Gasteiger partial charge in [0.25, 0.3) is 0 Å². The zero-order chi connectivity index (χ0) is 40.5. The molecule has 0 atom stereocenters. The summed E-state index contributed by atoms with van der Waals surface area (Å²) >= 11 is 0. The fourth-order valence-corrected chi connectivity index (χ4v) is 9.57. The van der Waals surface area contributed by atoms with E-state index in [1.54, 1.807) is 0 Å². The smallest absolute Gasteiger partial charge is 0.170 e. The molecular weight excluding hydrogens is 765 g/mol. The normalized spacial score (nSPS) is 12.2. The van der Waals surface area contributed by atoms with Crippen LogP contribution in [0.15, 0.2) is 195 Å². The van der Waals surface area contributed by atoms with Gasteiger partial charge in [-0.05, 0) is 95.7 Å². The van der Waals surface area contributed by atoms with Gasteiger partial charge in [-0.25, -0.2) is 15.0 Å². The van der Waals surface area contributed by atoms with Crippen molar-refractivity contribution in [3.8, 4) is 39.9 Å². The third-order valence-corrected chi connectivity index (χ3v) is 12.4. The van der Waals surface area contributed by atoms with Crippen LogP contribution in [0.1, 0.15) is 0 Å². The average Bonchev–Trinajstić information content (AvgIpc) is 4.09. The molecule has 0 fully saturated rings. The van der Waals surface area contributed by atoms with Crippen molar-refractivity contribution >= 4 is 98.4 Å². The van der Waals surface area contributed by atoms with Gasteiger partial charge in [0.1, 0.15) is 33.5 Å². The Morgan fingerprint density at radius 3 is 1.47 bits per heavy atom. The van der Waals surface area contributed by atoms with E-state index in [-0.39, 0.29) is 0 Å². The summed E-state index contributed by atoms with van der Waals surface area (Å²) in [5, 5.41) is 10.7. The van der Waals surface area contributed by atoms with Crippen molar-refractivity contribution in [1.82, 2.24) is 19.5 Å². The average molecular weight is 795 g/mol. The summed E-state index contributed by atoms with van der Waals surface area (Å²) < 4.78 is 21.8. The van der Waals surface area contributed by atoms with E-state index in [9.17, 15) is 0 Å². The van der Waals surface area contributed by atoms with Gasteiger partial charge in [-0.15, -0.1) is 0 Å². The molecule has 62 heavy (non-hydrogen) atoms. The van der Waals surface area contributed by atoms with Crippen LogP contribution in [0.4, 0.5) is 0 Å². The first kappa shape index (κ1) is 33.3. The van der Waals surface area contributed by atoms with E-state index >= 15 is 0 Å². The van der Waals surface area contributed by atoms with Gasteiger partial charge < -0.3 is 17.8 Å². The molecule has 14 rings (SSSR count). The number of aromatic nitrogens is 4. The van der Waals surface area contributed by atoms with Gasteiger partial charge in [-0.2, -0.15) is 0 Å². The lowest BCUT2D eigenvalue weighted by Gasteiger charge is -2.15. The molecule has 7 nitrogen and oxygen atoms in total. The van der Waals surface area contributed by atoms with Gasteiger partial charge in [0.15, 0.2) is 17.5 Å². The third kappa shape index (κ3) is 4.78. The second-order valence-corrected chi connectivity index (χ2v) is 15.9. The zero-order valence-corrected chi connectivity index (χ0v) is 32.8. The highest BCUT2D eigenvalue weighted by Crippen LogP contribution is 2.44. The van der Waals surface area contributed by atoms with E-state index in [1.807, 2.05) is 78.9 Å². The molecule has 5 aromatic heterocycles. The Bertz CT molecular complexity index is 4060. The van der Waals surface area contributed by atoms with Crippen molar-refractivity contribution in [2.24, 2.45) is 0 Å². The topological polar surface area (TPSA) is 83.0 Å². The lowest BCUT2D eigenvalue weighted by atomic mass is 10.0. The molecule has 0 bridgehead atoms. The van der Waals surface area contributed by atoms with Gasteiger partial charge in [0.05, 0.1) is 22.3 Å². The SMILES string of the molecule is c1ccc2cc3c(cc2c1)c1ccccc1n3-c1ccc2c(oc3ccccc32)c1-c1nc(-c2ccc3oc4ccccc4c3c2)nc(-c2ccc3oc4ccccc4c3c2)n1. The molecule has 288 valence electrons. The molecule has 0 N–H and O–H groups in total. The summed E-state index contributed by atoms with van der Waals surface area (Å²) in [4.78, 5) is 16.1. The summed E-state index contributed by atoms with van der Waals surface area (Å²) in [5.74, 6) is 1.55. The molecule has 0 saturated carbocycles. The first-order chi connectivity index (χ1) is 30.7. The number of benzene rings is 9. The Labute approximate surface area is 351 Å². The Morgan fingerprint density at radius 2 is 0.823 bits per heavy atom. The molecule has 14 aromatic rings. The molecule has 0 aliphatic heterocycles. The number of hydrogen-bond acceptors (Lipinski definition) is 6. The molecule has 0 amide bonds. The van der Waals surface area contributed by atoms with Crippen LogP contribution in [-0.2, 0) is 0 Å². The lowest BCUT2D eigenvalue weighted by Crippen LogP contribution is -2.04. The molecule has 5 heterocycles. The van der Waals surface area contributed by atoms with Gasteiger partial charge in [-0.3, -0.25) is 0 Å². The number of hydrogen-bond donors (Lipinski definition) is 0. The molecule has 7 heteroatoms. The molecular formula is C55H30N4O3. The minimum Gasteiger partial charge on any atom is -0.456 e. The van der Waals surface area contributed by atoms with Gasteiger partial charge in [0, 0.05) is 54.2 Å². The Morgan fingerprint density at radius 1 is 0.323 bits per heavy atom. The highest BCUT2D eigenvalue weighted by molar-refractivity contribution is 6.16. The van der Waals surface area contributed by atoms with Crippen molar-refractivity contribution in [3.63, 3.8) is 0 Å². The predicted molar refractivity (Wildman–Crippen MR) is 250 cm³/mol. The number of para-hydroxylation sites is 4. The van der Waals surface area contributed by atoms with Crippen molar-refractivity contribution in [3.05, 3.63) is 182 Å². The molecule has 0 aliphatic carbocycles. The van der Waals surface area contributed by atoms with Crippen LogP contribution in [0.2, 0.25) is 0 Å². The Hall–Kier alpha value is -8.55. The van der Waals surface area contributed by atoms with Gasteiger partial charge in [-0.1, -0.05) is 97.1 Å². The maximum Gasteiger partial charge on any atom is 0.170 e. The van der Waals surface area contributed by atoms with Crippen LogP contribution < -0.4 is 0 Å². The maximum absolute atomic E-state index is 6.91. The van der Waals surface area contributed by atoms with E-state index < -0.39 is 0 Å². The van der Waals surface area contributed by atoms with Crippen LogP contribution in [0.5, 0.6) is 0 Å². The molecule has 0 aliphatic rings. The molecule has 0 radical (unpaired) electrons. The maximum atomic E-state index is 6.91. The highest BCUT2D eigenvalue weighted by Gasteiger charge is 2.25. The van der Waals surface area contributed by atoms with Crippen LogP contribution in [0, 0.1) is 0 Å². The Balaban J connectivity index is 1.11. The van der Waals surface area contributed by atoms with Crippen LogP contribution in [0.3, 0.4) is 0 Å². The van der Waals surface area contributed by atoms with Gasteiger partial charge in [0.2, 0.25) is 0 Å². The second kappa shape index (κ2) is 12.5. The van der Waals surface area contributed by atoms with E-state index in [1.165, 1.54) is 5.39 Å². The largest absolute Gasteiger partial charge is 0.456 e. The van der Waals surface area contributed by atoms with Crippen molar-refractivity contribution < 1.29 is 13.3 Å². The van der Waals surface area contributed by atoms with Gasteiger partial charge >= 0.3 is 0 Å². The van der Waals surface area contributed by atoms with Crippen molar-refractivity contribution in [1.29, 1.82) is 0 Å². The highest BCUT2D eigenvalue weighted by atomic mass is 16.3. The van der Waals surface area contributed by atoms with Crippen molar-refractivity contribution in [2.75, 3.05) is 0 Å². The van der Waals surface area contributed by atoms with E-state index in [0.717, 1.165) is 110 Å². The minimum atomic E-state index is 0.491. The van der Waals surface area contributed by atoms with Crippen molar-refractivity contribution in [2.45, 2.75) is 0 Å². The Kier molecular flexibility index (Phi) is 6.71. The molecule has 9 aromatic carbocycles. The molecule has 0 spiro atoms. The number of nitrogens with zero attached hydrogens (tertiary/aromatic N) is 4. The van der Waals surface area contributed by atoms with Crippen LogP contribution in [0.25, 0.3) is 138 Å². The van der Waals surface area contributed by atoms with Crippen LogP contribution >= 0.6 is 0 Å². The summed E-state index contributed by atoms with van der Waals surface area (Å²) in [7, 11) is 0. The third-order valence-electron chi connectivity index (χ3n) is 12.4. The zero-order valence-electron chi connectivity index (χ0n) is 32.8. The number of fused-ring (bicyclic) bond motifs is 13. The summed E-state index contributed by atoms with van der Waals surface area (Å²) in [6, 6.07) is 62.8. The minimum absolute atomic E-state index is 0.491. The lowest BCUT2D eigenvalue weighted by molar-refractivity contribution is 0.668. The van der Waals surface area contributed by atoms with E-state index in [4.69, 9.17) is 28.2 Å². The second-order valence-electron chi connectivity index (χ2n) is 15.9. The molecule has 0 saturated heterocycles. The first-order valence-electron chi connectivity index (χ1n) is 20.7. The monoisotopic (exact) mass is 794 g/mol. The first-order valence-corrected chi connectivity index (χ1v) is 20.7. The van der Waals surface area contributed by atoms with E-state index in [2.05, 4.69) is 108 Å². The van der Waals surface area contributed by atoms with E-state index in [0.29, 0.717) is 23.1 Å². The summed E-state index contributed by atoms with van der Waals surface area (Å²) in [6.07, 6.45) is 0. The standard InChI is InChI=1S/C55H30N4O3/c1-2-12-32-30-45-40(27-31(32)11-1)35-13-3-7-17-43(35)59(45)44-24-23-39-36-14-4-10-20-48(36)62-52(39)51(44)55-57-53(33-21-25-49-41(28-33)37-15-5-8-18-46(37)60-49)56-54(58-55)34-22-26-50-42(29-34)38-16-6-9-19-47(38)61-50/h1-30H. The molecule has 0 unspecified atom stereocenters. The van der Waals surface area contributed by atoms with Crippen LogP contribution in [-0.4, -0.2) is 19.5 Å². The fraction of sp³-hybridized carbons (Fsp3) is 0. The summed E-state index contributed by atoms with van der Waals surface area (Å²) in [6.45, 7) is 0. The quantitative estimate of drug-likeness (QED) is 0.176.